The monoisotopic (exact) mass is 284 g/mol. The lowest BCUT2D eigenvalue weighted by Crippen LogP contribution is -2.46. The maximum Gasteiger partial charge on any atom is 0.178 e. The lowest BCUT2D eigenvalue weighted by Gasteiger charge is -2.44. The number of hydrogen-bond acceptors (Lipinski definition) is 3. The summed E-state index contributed by atoms with van der Waals surface area (Å²) in [4.78, 5) is 0. The second kappa shape index (κ2) is 3.85. The fourth-order valence-corrected chi connectivity index (χ4v) is 7.59. The third kappa shape index (κ3) is 1.83. The molecule has 4 heteroatoms. The Morgan fingerprint density at radius 1 is 1.16 bits per heavy atom. The highest BCUT2D eigenvalue weighted by molar-refractivity contribution is 7.92. The minimum Gasteiger partial charge on any atom is -0.356 e. The van der Waals surface area contributed by atoms with Crippen molar-refractivity contribution in [2.24, 2.45) is 10.8 Å². The Bertz CT molecular complexity index is 514. The van der Waals surface area contributed by atoms with Gasteiger partial charge in [0.25, 0.3) is 0 Å². The van der Waals surface area contributed by atoms with Crippen LogP contribution in [0.5, 0.6) is 0 Å². The summed E-state index contributed by atoms with van der Waals surface area (Å²) in [5.74, 6) is 0.324. The number of rotatable bonds is 1. The summed E-state index contributed by atoms with van der Waals surface area (Å²) in [6.45, 7) is 5.85. The van der Waals surface area contributed by atoms with E-state index in [1.165, 1.54) is 0 Å². The second-order valence-corrected chi connectivity index (χ2v) is 9.58. The predicted octanol–water partition coefficient (Wildman–Crippen LogP) is 3.06. The number of allylic oxidation sites excluding steroid dienone is 2. The molecule has 0 aromatic heterocycles. The largest absolute Gasteiger partial charge is 0.356 e. The maximum absolute atomic E-state index is 12.7. The first-order valence-corrected chi connectivity index (χ1v) is 8.97. The Morgan fingerprint density at radius 3 is 2.53 bits per heavy atom. The van der Waals surface area contributed by atoms with Gasteiger partial charge in [-0.1, -0.05) is 18.6 Å². The first-order valence-electron chi connectivity index (χ1n) is 7.25. The van der Waals surface area contributed by atoms with Crippen LogP contribution in [0.3, 0.4) is 0 Å². The molecule has 1 saturated carbocycles. The fourth-order valence-electron chi connectivity index (χ4n) is 4.53. The Labute approximate surface area is 116 Å². The molecule has 0 radical (unpaired) electrons. The molecule has 0 N–H and O–H groups in total. The van der Waals surface area contributed by atoms with Crippen molar-refractivity contribution < 1.29 is 13.2 Å². The molecule has 1 heterocycles. The second-order valence-electron chi connectivity index (χ2n) is 7.54. The van der Waals surface area contributed by atoms with Gasteiger partial charge in [-0.25, -0.2) is 8.42 Å². The highest BCUT2D eigenvalue weighted by Crippen LogP contribution is 2.67. The predicted molar refractivity (Wildman–Crippen MR) is 75.5 cm³/mol. The molecule has 2 aliphatic carbocycles. The first kappa shape index (κ1) is 13.6. The standard InChI is InChI=1S/C15H24O3S/c1-13(2,3)18-12-15-9-5-4-7-14(15,8-6-10-15)11-19(12,16)17/h4-5,12H,6-11H2,1-3H3/t12-,14+,15+/m0/s1. The molecule has 1 saturated heterocycles. The zero-order chi connectivity index (χ0) is 13.9. The minimum atomic E-state index is -3.14. The normalized spacial score (nSPS) is 44.1. The van der Waals surface area contributed by atoms with Crippen LogP contribution in [0.4, 0.5) is 0 Å². The van der Waals surface area contributed by atoms with Crippen LogP contribution in [0.15, 0.2) is 12.2 Å². The van der Waals surface area contributed by atoms with Gasteiger partial charge >= 0.3 is 0 Å². The Kier molecular flexibility index (Phi) is 2.76. The van der Waals surface area contributed by atoms with Gasteiger partial charge in [-0.15, -0.1) is 0 Å². The van der Waals surface area contributed by atoms with E-state index < -0.39 is 20.9 Å². The van der Waals surface area contributed by atoms with E-state index >= 15 is 0 Å². The van der Waals surface area contributed by atoms with Crippen LogP contribution >= 0.6 is 0 Å². The van der Waals surface area contributed by atoms with Gasteiger partial charge in [0.1, 0.15) is 0 Å². The Hall–Kier alpha value is -0.350. The topological polar surface area (TPSA) is 43.4 Å². The average molecular weight is 284 g/mol. The van der Waals surface area contributed by atoms with Gasteiger partial charge < -0.3 is 4.74 Å². The van der Waals surface area contributed by atoms with Crippen molar-refractivity contribution in [1.29, 1.82) is 0 Å². The third-order valence-electron chi connectivity index (χ3n) is 5.21. The molecule has 3 nitrogen and oxygen atoms in total. The minimum absolute atomic E-state index is 0.0451. The molecule has 3 atom stereocenters. The zero-order valence-electron chi connectivity index (χ0n) is 12.1. The zero-order valence-corrected chi connectivity index (χ0v) is 12.9. The van der Waals surface area contributed by atoms with Gasteiger partial charge in [0.05, 0.1) is 11.4 Å². The summed E-state index contributed by atoms with van der Waals surface area (Å²) in [5.41, 5.74) is -1.22. The SMILES string of the molecule is CC(C)(C)O[C@@H]1[C@]23CC=CC[C@@]2(CCC3)CS1(=O)=O. The molecule has 0 unspecified atom stereocenters. The molecule has 0 amide bonds. The summed E-state index contributed by atoms with van der Waals surface area (Å²) in [7, 11) is -3.14. The van der Waals surface area contributed by atoms with Crippen molar-refractivity contribution in [1.82, 2.24) is 0 Å². The summed E-state index contributed by atoms with van der Waals surface area (Å²) in [6.07, 6.45) is 9.31. The van der Waals surface area contributed by atoms with E-state index in [4.69, 9.17) is 4.74 Å². The highest BCUT2D eigenvalue weighted by Gasteiger charge is 2.69. The summed E-state index contributed by atoms with van der Waals surface area (Å²) >= 11 is 0. The molecule has 0 aromatic carbocycles. The lowest BCUT2D eigenvalue weighted by molar-refractivity contribution is -0.0984. The van der Waals surface area contributed by atoms with E-state index in [0.717, 1.165) is 32.1 Å². The van der Waals surface area contributed by atoms with E-state index in [1.807, 2.05) is 20.8 Å². The molecule has 2 fully saturated rings. The molecular weight excluding hydrogens is 260 g/mol. The number of ether oxygens (including phenoxy) is 1. The van der Waals surface area contributed by atoms with Crippen molar-refractivity contribution in [3.63, 3.8) is 0 Å². The Morgan fingerprint density at radius 2 is 1.84 bits per heavy atom. The smallest absolute Gasteiger partial charge is 0.178 e. The van der Waals surface area contributed by atoms with Crippen LogP contribution < -0.4 is 0 Å². The summed E-state index contributed by atoms with van der Waals surface area (Å²) in [6, 6.07) is 0. The van der Waals surface area contributed by atoms with E-state index in [9.17, 15) is 8.42 Å². The van der Waals surface area contributed by atoms with Crippen LogP contribution in [0.1, 0.15) is 52.9 Å². The van der Waals surface area contributed by atoms with Crippen molar-refractivity contribution >= 4 is 9.84 Å². The summed E-state index contributed by atoms with van der Waals surface area (Å²) < 4.78 is 31.4. The van der Waals surface area contributed by atoms with Gasteiger partial charge in [-0.2, -0.15) is 0 Å². The van der Waals surface area contributed by atoms with Crippen molar-refractivity contribution in [3.05, 3.63) is 12.2 Å². The van der Waals surface area contributed by atoms with Crippen LogP contribution in [0.25, 0.3) is 0 Å². The molecule has 0 spiro atoms. The van der Waals surface area contributed by atoms with E-state index in [2.05, 4.69) is 12.2 Å². The van der Waals surface area contributed by atoms with Gasteiger partial charge in [-0.3, -0.25) is 0 Å². The maximum atomic E-state index is 12.7. The van der Waals surface area contributed by atoms with Gasteiger partial charge in [0.2, 0.25) is 0 Å². The van der Waals surface area contributed by atoms with E-state index in [0.29, 0.717) is 5.75 Å². The Balaban J connectivity index is 2.09. The van der Waals surface area contributed by atoms with Crippen molar-refractivity contribution in [3.8, 4) is 0 Å². The van der Waals surface area contributed by atoms with Crippen LogP contribution in [-0.4, -0.2) is 25.2 Å². The number of sulfone groups is 1. The van der Waals surface area contributed by atoms with Crippen LogP contribution in [0, 0.1) is 10.8 Å². The van der Waals surface area contributed by atoms with Gasteiger partial charge in [0, 0.05) is 5.41 Å². The molecule has 3 aliphatic rings. The quantitative estimate of drug-likeness (QED) is 0.695. The molecule has 108 valence electrons. The molecule has 19 heavy (non-hydrogen) atoms. The fraction of sp³-hybridized carbons (Fsp3) is 0.867. The third-order valence-corrected chi connectivity index (χ3v) is 7.36. The molecule has 3 rings (SSSR count). The number of hydrogen-bond donors (Lipinski definition) is 0. The van der Waals surface area contributed by atoms with Crippen molar-refractivity contribution in [2.45, 2.75) is 63.9 Å². The van der Waals surface area contributed by atoms with E-state index in [1.54, 1.807) is 0 Å². The van der Waals surface area contributed by atoms with Crippen LogP contribution in [0.2, 0.25) is 0 Å². The highest BCUT2D eigenvalue weighted by atomic mass is 32.2. The van der Waals surface area contributed by atoms with Gasteiger partial charge in [-0.05, 0) is 51.9 Å². The lowest BCUT2D eigenvalue weighted by atomic mass is 9.61. The summed E-state index contributed by atoms with van der Waals surface area (Å²) in [5, 5.41) is 0. The van der Waals surface area contributed by atoms with Gasteiger partial charge in [0.15, 0.2) is 15.3 Å². The first-order chi connectivity index (χ1) is 8.71. The van der Waals surface area contributed by atoms with Crippen molar-refractivity contribution in [2.75, 3.05) is 5.75 Å². The van der Waals surface area contributed by atoms with E-state index in [-0.39, 0.29) is 10.8 Å². The molecular formula is C15H24O3S. The van der Waals surface area contributed by atoms with Crippen LogP contribution in [-0.2, 0) is 14.6 Å². The average Bonchev–Trinajstić information content (AvgIpc) is 2.70. The molecule has 1 aliphatic heterocycles. The molecule has 0 bridgehead atoms. The molecule has 0 aromatic rings.